The lowest BCUT2D eigenvalue weighted by Gasteiger charge is -2.20. The van der Waals surface area contributed by atoms with E-state index in [1.165, 1.54) is 0 Å². The third kappa shape index (κ3) is 6.83. The number of sulfone groups is 1. The standard InChI is InChI=1S/C23H34N4O6S2/c1-5-13-34(29,30)18-7-6-11-27(12-10-18)35(31,32)26-22(28)21-15-33-23(25-21)24-20-14-17(4)8-9-19(20)16(2)3/h8-9,14-16,18H,5-7,10-13H2,1-4H3,(H,24,25)(H,26,28). The molecule has 2 aromatic rings. The van der Waals surface area contributed by atoms with Crippen molar-refractivity contribution >= 4 is 37.7 Å². The molecule has 1 aromatic carbocycles. The van der Waals surface area contributed by atoms with Crippen LogP contribution < -0.4 is 10.0 Å². The molecule has 0 aliphatic carbocycles. The first kappa shape index (κ1) is 27.2. The summed E-state index contributed by atoms with van der Waals surface area (Å²) in [6, 6.07) is 6.02. The minimum absolute atomic E-state index is 0.0210. The van der Waals surface area contributed by atoms with Gasteiger partial charge in [0.1, 0.15) is 6.26 Å². The van der Waals surface area contributed by atoms with Crippen LogP contribution in [0.5, 0.6) is 0 Å². The molecular weight excluding hydrogens is 492 g/mol. The van der Waals surface area contributed by atoms with E-state index in [2.05, 4.69) is 24.1 Å². The van der Waals surface area contributed by atoms with Gasteiger partial charge in [0.05, 0.1) is 11.0 Å². The van der Waals surface area contributed by atoms with Crippen LogP contribution >= 0.6 is 0 Å². The van der Waals surface area contributed by atoms with Gasteiger partial charge in [-0.1, -0.05) is 32.9 Å². The molecule has 0 radical (unpaired) electrons. The van der Waals surface area contributed by atoms with Crippen molar-refractivity contribution in [3.8, 4) is 0 Å². The first-order chi connectivity index (χ1) is 16.4. The van der Waals surface area contributed by atoms with E-state index < -0.39 is 31.2 Å². The molecular formula is C23H34N4O6S2. The first-order valence-electron chi connectivity index (χ1n) is 11.8. The molecule has 0 bridgehead atoms. The van der Waals surface area contributed by atoms with Gasteiger partial charge < -0.3 is 9.73 Å². The lowest BCUT2D eigenvalue weighted by Crippen LogP contribution is -2.44. The third-order valence-corrected chi connectivity index (χ3v) is 9.95. The Morgan fingerprint density at radius 3 is 2.63 bits per heavy atom. The van der Waals surface area contributed by atoms with E-state index in [4.69, 9.17) is 4.42 Å². The maximum atomic E-state index is 12.8. The van der Waals surface area contributed by atoms with Crippen molar-refractivity contribution in [3.63, 3.8) is 0 Å². The summed E-state index contributed by atoms with van der Waals surface area (Å²) in [6.45, 7) is 8.03. The second-order valence-corrected chi connectivity index (χ2v) is 13.2. The van der Waals surface area contributed by atoms with E-state index in [-0.39, 0.29) is 42.9 Å². The van der Waals surface area contributed by atoms with Crippen LogP contribution in [0.15, 0.2) is 28.9 Å². The molecule has 1 unspecified atom stereocenters. The maximum absolute atomic E-state index is 12.8. The van der Waals surface area contributed by atoms with Crippen molar-refractivity contribution in [1.29, 1.82) is 0 Å². The van der Waals surface area contributed by atoms with E-state index in [0.29, 0.717) is 19.3 Å². The summed E-state index contributed by atoms with van der Waals surface area (Å²) < 4.78 is 59.0. The topological polar surface area (TPSA) is 139 Å². The Morgan fingerprint density at radius 2 is 1.94 bits per heavy atom. The fourth-order valence-electron chi connectivity index (χ4n) is 4.16. The summed E-state index contributed by atoms with van der Waals surface area (Å²) in [5.41, 5.74) is 2.68. The largest absolute Gasteiger partial charge is 0.431 e. The molecule has 0 spiro atoms. The molecule has 2 N–H and O–H groups in total. The number of carbonyl (C=O) groups excluding carboxylic acids is 1. The summed E-state index contributed by atoms with van der Waals surface area (Å²) in [4.78, 5) is 16.7. The van der Waals surface area contributed by atoms with E-state index in [1.54, 1.807) is 6.92 Å². The highest BCUT2D eigenvalue weighted by Gasteiger charge is 2.32. The van der Waals surface area contributed by atoms with Crippen LogP contribution in [0.25, 0.3) is 0 Å². The van der Waals surface area contributed by atoms with Gasteiger partial charge in [-0.25, -0.2) is 13.1 Å². The number of benzene rings is 1. The predicted octanol–water partition coefficient (Wildman–Crippen LogP) is 3.50. The quantitative estimate of drug-likeness (QED) is 0.506. The number of aryl methyl sites for hydroxylation is 1. The summed E-state index contributed by atoms with van der Waals surface area (Å²) in [5.74, 6) is -0.592. The number of aromatic nitrogens is 1. The van der Waals surface area contributed by atoms with Crippen LogP contribution in [-0.2, 0) is 20.0 Å². The number of amides is 1. The Bertz CT molecular complexity index is 1250. The van der Waals surface area contributed by atoms with Crippen LogP contribution in [0.1, 0.15) is 74.0 Å². The number of rotatable bonds is 9. The normalized spacial score (nSPS) is 17.8. The predicted molar refractivity (Wildman–Crippen MR) is 135 cm³/mol. The van der Waals surface area contributed by atoms with Gasteiger partial charge in [-0.3, -0.25) is 4.79 Å². The summed E-state index contributed by atoms with van der Waals surface area (Å²) in [7, 11) is -7.44. The average molecular weight is 527 g/mol. The Balaban J connectivity index is 1.67. The minimum atomic E-state index is -4.17. The van der Waals surface area contributed by atoms with Gasteiger partial charge in [0.25, 0.3) is 11.9 Å². The van der Waals surface area contributed by atoms with E-state index in [0.717, 1.165) is 27.4 Å². The third-order valence-electron chi connectivity index (χ3n) is 6.00. The van der Waals surface area contributed by atoms with Gasteiger partial charge in [-0.15, -0.1) is 0 Å². The molecule has 1 aromatic heterocycles. The molecule has 194 valence electrons. The van der Waals surface area contributed by atoms with Gasteiger partial charge in [-0.2, -0.15) is 17.7 Å². The lowest BCUT2D eigenvalue weighted by molar-refractivity contribution is 0.0974. The van der Waals surface area contributed by atoms with Crippen molar-refractivity contribution in [1.82, 2.24) is 14.0 Å². The minimum Gasteiger partial charge on any atom is -0.431 e. The number of anilines is 2. The fraction of sp³-hybridized carbons (Fsp3) is 0.565. The molecule has 1 atom stereocenters. The summed E-state index contributed by atoms with van der Waals surface area (Å²) >= 11 is 0. The van der Waals surface area contributed by atoms with Crippen molar-refractivity contribution in [2.75, 3.05) is 24.2 Å². The smallest absolute Gasteiger partial charge is 0.304 e. The summed E-state index contributed by atoms with van der Waals surface area (Å²) in [6.07, 6.45) is 2.61. The highest BCUT2D eigenvalue weighted by molar-refractivity contribution is 7.92. The zero-order chi connectivity index (χ0) is 25.8. The van der Waals surface area contributed by atoms with Crippen LogP contribution in [0, 0.1) is 6.92 Å². The molecule has 1 saturated heterocycles. The zero-order valence-electron chi connectivity index (χ0n) is 20.6. The monoisotopic (exact) mass is 526 g/mol. The number of nitrogens with zero attached hydrogens (tertiary/aromatic N) is 2. The average Bonchev–Trinajstić information content (AvgIpc) is 3.06. The Hall–Kier alpha value is -2.44. The number of nitrogens with one attached hydrogen (secondary N) is 2. The molecule has 3 rings (SSSR count). The van der Waals surface area contributed by atoms with E-state index in [1.807, 2.05) is 29.8 Å². The van der Waals surface area contributed by atoms with Crippen LogP contribution in [-0.4, -0.2) is 56.1 Å². The maximum Gasteiger partial charge on any atom is 0.304 e. The van der Waals surface area contributed by atoms with Crippen molar-refractivity contribution < 1.29 is 26.0 Å². The number of hydrogen-bond acceptors (Lipinski definition) is 8. The molecule has 1 aliphatic heterocycles. The van der Waals surface area contributed by atoms with Gasteiger partial charge >= 0.3 is 10.2 Å². The van der Waals surface area contributed by atoms with Gasteiger partial charge in [0.15, 0.2) is 15.5 Å². The Kier molecular flexibility index (Phi) is 8.60. The Labute approximate surface area is 207 Å². The number of hydrogen-bond donors (Lipinski definition) is 2. The lowest BCUT2D eigenvalue weighted by atomic mass is 9.99. The molecule has 1 aliphatic rings. The molecule has 1 fully saturated rings. The van der Waals surface area contributed by atoms with Crippen molar-refractivity contribution in [2.45, 2.75) is 64.5 Å². The molecule has 0 saturated carbocycles. The molecule has 2 heterocycles. The Morgan fingerprint density at radius 1 is 1.20 bits per heavy atom. The van der Waals surface area contributed by atoms with Crippen molar-refractivity contribution in [3.05, 3.63) is 41.3 Å². The zero-order valence-corrected chi connectivity index (χ0v) is 22.2. The fourth-order valence-corrected chi connectivity index (χ4v) is 7.23. The highest BCUT2D eigenvalue weighted by atomic mass is 32.2. The summed E-state index contributed by atoms with van der Waals surface area (Å²) in [5, 5.41) is 2.49. The molecule has 35 heavy (non-hydrogen) atoms. The molecule has 1 amide bonds. The number of oxazole rings is 1. The van der Waals surface area contributed by atoms with Gasteiger partial charge in [0.2, 0.25) is 0 Å². The van der Waals surface area contributed by atoms with E-state index >= 15 is 0 Å². The van der Waals surface area contributed by atoms with Crippen LogP contribution in [0.4, 0.5) is 11.7 Å². The van der Waals surface area contributed by atoms with Crippen molar-refractivity contribution in [2.24, 2.45) is 0 Å². The SMILES string of the molecule is CCCS(=O)(=O)C1CCCN(S(=O)(=O)NC(=O)c2coc(Nc3cc(C)ccc3C(C)C)n2)CC1. The molecule has 10 nitrogen and oxygen atoms in total. The van der Waals surface area contributed by atoms with E-state index in [9.17, 15) is 21.6 Å². The van der Waals surface area contributed by atoms with Crippen LogP contribution in [0.2, 0.25) is 0 Å². The second kappa shape index (κ2) is 11.1. The first-order valence-corrected chi connectivity index (χ1v) is 15.0. The number of carbonyl (C=O) groups is 1. The van der Waals surface area contributed by atoms with Gasteiger partial charge in [0, 0.05) is 18.8 Å². The highest BCUT2D eigenvalue weighted by Crippen LogP contribution is 2.28. The molecule has 12 heteroatoms. The second-order valence-electron chi connectivity index (χ2n) is 9.16. The van der Waals surface area contributed by atoms with Gasteiger partial charge in [-0.05, 0) is 55.7 Å². The van der Waals surface area contributed by atoms with Crippen LogP contribution in [0.3, 0.4) is 0 Å².